The zero-order valence-corrected chi connectivity index (χ0v) is 27.7. The van der Waals surface area contributed by atoms with Gasteiger partial charge in [0.1, 0.15) is 6.10 Å². The van der Waals surface area contributed by atoms with Gasteiger partial charge in [-0.25, -0.2) is 4.79 Å². The number of amides is 3. The predicted octanol–water partition coefficient (Wildman–Crippen LogP) is 6.50. The molecule has 2 fully saturated rings. The van der Waals surface area contributed by atoms with Crippen molar-refractivity contribution in [3.05, 3.63) is 35.9 Å². The molecule has 1 heterocycles. The van der Waals surface area contributed by atoms with Crippen LogP contribution in [0.1, 0.15) is 111 Å². The Morgan fingerprint density at radius 3 is 2.32 bits per heavy atom. The topological polar surface area (TPSA) is 117 Å². The van der Waals surface area contributed by atoms with Gasteiger partial charge in [0, 0.05) is 31.1 Å². The van der Waals surface area contributed by atoms with E-state index in [4.69, 9.17) is 9.47 Å². The summed E-state index contributed by atoms with van der Waals surface area (Å²) in [5.41, 5.74) is 0.510. The lowest BCUT2D eigenvalue weighted by Gasteiger charge is -2.45. The molecule has 44 heavy (non-hydrogen) atoms. The molecule has 1 aromatic carbocycles. The molecule has 2 aliphatic rings. The van der Waals surface area contributed by atoms with Crippen molar-refractivity contribution in [2.75, 3.05) is 19.7 Å². The van der Waals surface area contributed by atoms with E-state index in [0.29, 0.717) is 26.1 Å². The van der Waals surface area contributed by atoms with Crippen molar-refractivity contribution in [3.63, 3.8) is 0 Å². The minimum Gasteiger partial charge on any atom is -0.481 e. The predicted molar refractivity (Wildman–Crippen MR) is 172 cm³/mol. The number of carbonyl (C=O) groups is 3. The van der Waals surface area contributed by atoms with Gasteiger partial charge in [-0.05, 0) is 44.6 Å². The third-order valence-corrected chi connectivity index (χ3v) is 9.13. The van der Waals surface area contributed by atoms with Crippen LogP contribution in [-0.2, 0) is 25.6 Å². The molecule has 2 unspecified atom stereocenters. The molecule has 1 aromatic rings. The molecule has 3 rings (SSSR count). The summed E-state index contributed by atoms with van der Waals surface area (Å²) >= 11 is 0. The fraction of sp³-hybridized carbons (Fsp3) is 0.743. The van der Waals surface area contributed by atoms with E-state index in [1.807, 2.05) is 49.1 Å². The second-order valence-corrected chi connectivity index (χ2v) is 13.9. The van der Waals surface area contributed by atoms with Crippen molar-refractivity contribution in [1.82, 2.24) is 15.5 Å². The van der Waals surface area contributed by atoms with E-state index < -0.39 is 29.2 Å². The van der Waals surface area contributed by atoms with Crippen LogP contribution >= 0.6 is 0 Å². The van der Waals surface area contributed by atoms with Gasteiger partial charge in [-0.1, -0.05) is 102 Å². The number of urea groups is 1. The monoisotopic (exact) mass is 615 g/mol. The number of ether oxygens (including phenoxy) is 2. The molecule has 1 saturated heterocycles. The van der Waals surface area contributed by atoms with Crippen LogP contribution in [-0.4, -0.2) is 65.5 Å². The maximum absolute atomic E-state index is 13.7. The number of nitrogens with one attached hydrogen (secondary N) is 2. The van der Waals surface area contributed by atoms with Crippen molar-refractivity contribution in [2.24, 2.45) is 17.3 Å². The summed E-state index contributed by atoms with van der Waals surface area (Å²) in [6, 6.07) is 9.56. The Kier molecular flexibility index (Phi) is 14.0. The van der Waals surface area contributed by atoms with Crippen LogP contribution in [0.5, 0.6) is 0 Å². The van der Waals surface area contributed by atoms with Gasteiger partial charge < -0.3 is 30.1 Å². The number of carbonyl (C=O) groups excluding carboxylic acids is 2. The minimum atomic E-state index is -0.965. The Morgan fingerprint density at radius 1 is 0.977 bits per heavy atom. The quantitative estimate of drug-likeness (QED) is 0.183. The van der Waals surface area contributed by atoms with Crippen molar-refractivity contribution < 1.29 is 29.0 Å². The van der Waals surface area contributed by atoms with Crippen LogP contribution in [0.3, 0.4) is 0 Å². The van der Waals surface area contributed by atoms with Crippen LogP contribution < -0.4 is 10.6 Å². The summed E-state index contributed by atoms with van der Waals surface area (Å²) in [5.74, 6) is -3.32. The molecule has 1 aliphatic carbocycles. The average Bonchev–Trinajstić information content (AvgIpc) is 2.98. The van der Waals surface area contributed by atoms with Gasteiger partial charge in [0.2, 0.25) is 5.91 Å². The fourth-order valence-electron chi connectivity index (χ4n) is 6.43. The van der Waals surface area contributed by atoms with E-state index in [0.717, 1.165) is 37.7 Å². The largest absolute Gasteiger partial charge is 0.481 e. The molecule has 0 radical (unpaired) electrons. The summed E-state index contributed by atoms with van der Waals surface area (Å²) < 4.78 is 11.7. The second kappa shape index (κ2) is 17.2. The maximum Gasteiger partial charge on any atom is 0.317 e. The van der Waals surface area contributed by atoms with E-state index >= 15 is 0 Å². The number of rotatable bonds is 16. The third kappa shape index (κ3) is 11.1. The van der Waals surface area contributed by atoms with E-state index in [1.165, 1.54) is 32.1 Å². The SMILES string of the molecule is CCCCCCCCCN(Cc1ccccc1)C(=O)N[C@H]1CCCC[C@H]1C(CNC(=O)C1OC(C)(C)OCC1(C)C)C(=O)O. The van der Waals surface area contributed by atoms with Crippen molar-refractivity contribution in [2.45, 2.75) is 130 Å². The van der Waals surface area contributed by atoms with Crippen LogP contribution in [0, 0.1) is 17.3 Å². The molecule has 3 amide bonds. The lowest BCUT2D eigenvalue weighted by molar-refractivity contribution is -0.304. The van der Waals surface area contributed by atoms with Crippen LogP contribution in [0.2, 0.25) is 0 Å². The molecular weight excluding hydrogens is 558 g/mol. The van der Waals surface area contributed by atoms with E-state index in [2.05, 4.69) is 17.6 Å². The number of aliphatic carboxylic acids is 1. The number of carboxylic acid groups (broad SMARTS) is 1. The molecule has 0 aromatic heterocycles. The van der Waals surface area contributed by atoms with Crippen molar-refractivity contribution in [3.8, 4) is 0 Å². The van der Waals surface area contributed by atoms with Gasteiger partial charge in [0.15, 0.2) is 5.79 Å². The summed E-state index contributed by atoms with van der Waals surface area (Å²) in [5, 5.41) is 16.4. The summed E-state index contributed by atoms with van der Waals surface area (Å²) in [6.07, 6.45) is 10.6. The maximum atomic E-state index is 13.7. The minimum absolute atomic E-state index is 0.0197. The Balaban J connectivity index is 1.65. The molecule has 1 aliphatic heterocycles. The first kappa shape index (κ1) is 35.8. The fourth-order valence-corrected chi connectivity index (χ4v) is 6.43. The molecule has 9 nitrogen and oxygen atoms in total. The number of nitrogens with zero attached hydrogens (tertiary/aromatic N) is 1. The Hall–Kier alpha value is -2.65. The molecule has 248 valence electrons. The molecular formula is C35H57N3O6. The van der Waals surface area contributed by atoms with Gasteiger partial charge in [0.05, 0.1) is 12.5 Å². The first-order valence-electron chi connectivity index (χ1n) is 16.8. The zero-order chi connectivity index (χ0) is 32.2. The van der Waals surface area contributed by atoms with E-state index in [9.17, 15) is 19.5 Å². The molecule has 9 heteroatoms. The van der Waals surface area contributed by atoms with Crippen LogP contribution in [0.4, 0.5) is 4.79 Å². The first-order chi connectivity index (χ1) is 20.9. The lowest BCUT2D eigenvalue weighted by atomic mass is 9.76. The lowest BCUT2D eigenvalue weighted by Crippen LogP contribution is -2.57. The highest BCUT2D eigenvalue weighted by Gasteiger charge is 2.46. The highest BCUT2D eigenvalue weighted by atomic mass is 16.7. The van der Waals surface area contributed by atoms with Gasteiger partial charge in [-0.15, -0.1) is 0 Å². The zero-order valence-electron chi connectivity index (χ0n) is 27.7. The highest BCUT2D eigenvalue weighted by Crippen LogP contribution is 2.35. The van der Waals surface area contributed by atoms with Crippen LogP contribution in [0.25, 0.3) is 0 Å². The Bertz CT molecular complexity index is 1050. The number of unbranched alkanes of at least 4 members (excludes halogenated alkanes) is 6. The molecule has 4 atom stereocenters. The second-order valence-electron chi connectivity index (χ2n) is 13.9. The first-order valence-corrected chi connectivity index (χ1v) is 16.8. The molecule has 3 N–H and O–H groups in total. The van der Waals surface area contributed by atoms with E-state index in [-0.39, 0.29) is 30.4 Å². The van der Waals surface area contributed by atoms with Gasteiger partial charge >= 0.3 is 12.0 Å². The number of hydrogen-bond acceptors (Lipinski definition) is 5. The Morgan fingerprint density at radius 2 is 1.64 bits per heavy atom. The number of carboxylic acids is 1. The average molecular weight is 616 g/mol. The molecule has 0 spiro atoms. The van der Waals surface area contributed by atoms with Crippen molar-refractivity contribution >= 4 is 17.9 Å². The summed E-state index contributed by atoms with van der Waals surface area (Å²) in [7, 11) is 0. The van der Waals surface area contributed by atoms with Gasteiger partial charge in [-0.2, -0.15) is 0 Å². The summed E-state index contributed by atoms with van der Waals surface area (Å²) in [4.78, 5) is 41.4. The standard InChI is InChI=1S/C35H57N3O6/c1-6-7-8-9-10-11-17-22-38(24-26-18-13-12-14-19-26)33(42)37-29-21-16-15-20-27(29)28(32(40)41)23-36-31(39)30-34(2,3)25-43-35(4,5)44-30/h12-14,18-19,27-30H,6-11,15-17,20-25H2,1-5H3,(H,36,39)(H,37,42)(H,40,41)/t27-,28?,29-,30?/m0/s1. The van der Waals surface area contributed by atoms with Gasteiger partial charge in [-0.3, -0.25) is 9.59 Å². The van der Waals surface area contributed by atoms with E-state index in [1.54, 1.807) is 13.8 Å². The summed E-state index contributed by atoms with van der Waals surface area (Å²) in [6.45, 7) is 11.1. The third-order valence-electron chi connectivity index (χ3n) is 9.13. The number of benzene rings is 1. The smallest absolute Gasteiger partial charge is 0.317 e. The molecule has 1 saturated carbocycles. The van der Waals surface area contributed by atoms with Gasteiger partial charge in [0.25, 0.3) is 0 Å². The molecule has 0 bridgehead atoms. The Labute approximate surface area is 264 Å². The van der Waals surface area contributed by atoms with Crippen LogP contribution in [0.15, 0.2) is 30.3 Å². The highest BCUT2D eigenvalue weighted by molar-refractivity contribution is 5.82. The normalized spacial score (nSPS) is 23.3. The number of hydrogen-bond donors (Lipinski definition) is 3. The van der Waals surface area contributed by atoms with Crippen molar-refractivity contribution in [1.29, 1.82) is 0 Å².